The molecule has 1 atom stereocenters. The Morgan fingerprint density at radius 2 is 2.22 bits per heavy atom. The molecule has 1 N–H and O–H groups in total. The first-order valence-electron chi connectivity index (χ1n) is 6.25. The first kappa shape index (κ1) is 13.4. The maximum Gasteiger partial charge on any atom is 0.241 e. The van der Waals surface area contributed by atoms with Crippen LogP contribution in [0.15, 0.2) is 17.0 Å². The number of fused-ring (bicyclic) bond motifs is 1. The molecule has 1 heterocycles. The molecule has 1 aliphatic heterocycles. The van der Waals surface area contributed by atoms with Gasteiger partial charge in [-0.25, -0.2) is 0 Å². The summed E-state index contributed by atoms with van der Waals surface area (Å²) in [6.45, 7) is 6.70. The van der Waals surface area contributed by atoms with Crippen LogP contribution in [-0.4, -0.2) is 31.3 Å². The van der Waals surface area contributed by atoms with E-state index in [1.165, 1.54) is 16.0 Å². The van der Waals surface area contributed by atoms with Crippen LogP contribution in [0.25, 0.3) is 0 Å². The fourth-order valence-corrected chi connectivity index (χ4v) is 3.58. The monoisotopic (exact) mass is 264 g/mol. The summed E-state index contributed by atoms with van der Waals surface area (Å²) in [7, 11) is 1.81. The van der Waals surface area contributed by atoms with Crippen molar-refractivity contribution in [3.63, 3.8) is 0 Å². The second-order valence-corrected chi connectivity index (χ2v) is 5.91. The lowest BCUT2D eigenvalue weighted by atomic mass is 10.1. The molecule has 0 saturated carbocycles. The number of nitrogens with zero attached hydrogens (tertiary/aromatic N) is 1. The molecule has 0 radical (unpaired) electrons. The molecule has 1 aromatic carbocycles. The number of anilines is 1. The number of benzene rings is 1. The zero-order valence-corrected chi connectivity index (χ0v) is 12.2. The molecule has 0 fully saturated rings. The normalized spacial score (nSPS) is 18.7. The van der Waals surface area contributed by atoms with Crippen molar-refractivity contribution < 1.29 is 4.79 Å². The second-order valence-electron chi connectivity index (χ2n) is 4.88. The molecule has 0 bridgehead atoms. The van der Waals surface area contributed by atoms with Crippen LogP contribution in [0.4, 0.5) is 5.69 Å². The minimum atomic E-state index is 0.150. The van der Waals surface area contributed by atoms with Gasteiger partial charge in [0.15, 0.2) is 0 Å². The summed E-state index contributed by atoms with van der Waals surface area (Å²) >= 11 is 1.86. The quantitative estimate of drug-likeness (QED) is 0.890. The summed E-state index contributed by atoms with van der Waals surface area (Å²) in [6, 6.07) is 4.56. The van der Waals surface area contributed by atoms with Gasteiger partial charge in [-0.2, -0.15) is 0 Å². The van der Waals surface area contributed by atoms with E-state index in [-0.39, 0.29) is 11.9 Å². The maximum absolute atomic E-state index is 12.2. The van der Waals surface area contributed by atoms with E-state index in [0.717, 1.165) is 11.4 Å². The van der Waals surface area contributed by atoms with Crippen LogP contribution >= 0.6 is 11.8 Å². The summed E-state index contributed by atoms with van der Waals surface area (Å²) < 4.78 is 0. The number of aryl methyl sites for hydroxylation is 2. The van der Waals surface area contributed by atoms with Gasteiger partial charge in [-0.05, 0) is 45.0 Å². The number of amides is 1. The van der Waals surface area contributed by atoms with Crippen LogP contribution in [0, 0.1) is 13.8 Å². The summed E-state index contributed by atoms with van der Waals surface area (Å²) in [4.78, 5) is 15.4. The van der Waals surface area contributed by atoms with Crippen LogP contribution in [0.2, 0.25) is 0 Å². The highest BCUT2D eigenvalue weighted by Crippen LogP contribution is 2.40. The van der Waals surface area contributed by atoms with Crippen molar-refractivity contribution in [2.45, 2.75) is 31.7 Å². The van der Waals surface area contributed by atoms with Gasteiger partial charge in [0.1, 0.15) is 0 Å². The standard InChI is InChI=1S/C14H20N2OS/c1-9-5-10(2)14-12(6-9)16(11(3)8-18-14)13(17)7-15-4/h5-6,11,15H,7-8H2,1-4H3. The lowest BCUT2D eigenvalue weighted by Crippen LogP contribution is -2.46. The number of nitrogens with one attached hydrogen (secondary N) is 1. The molecule has 3 nitrogen and oxygen atoms in total. The predicted molar refractivity (Wildman–Crippen MR) is 77.5 cm³/mol. The average Bonchev–Trinajstić information content (AvgIpc) is 2.28. The van der Waals surface area contributed by atoms with E-state index < -0.39 is 0 Å². The Balaban J connectivity index is 2.46. The predicted octanol–water partition coefficient (Wildman–Crippen LogP) is 2.35. The highest BCUT2D eigenvalue weighted by atomic mass is 32.2. The number of hydrogen-bond acceptors (Lipinski definition) is 3. The topological polar surface area (TPSA) is 32.3 Å². The lowest BCUT2D eigenvalue weighted by molar-refractivity contribution is -0.118. The van der Waals surface area contributed by atoms with Crippen LogP contribution in [-0.2, 0) is 4.79 Å². The van der Waals surface area contributed by atoms with Gasteiger partial charge in [-0.3, -0.25) is 4.79 Å². The third-order valence-electron chi connectivity index (χ3n) is 3.17. The van der Waals surface area contributed by atoms with Crippen LogP contribution in [0.3, 0.4) is 0 Å². The fraction of sp³-hybridized carbons (Fsp3) is 0.500. The molecule has 98 valence electrons. The van der Waals surface area contributed by atoms with E-state index in [0.29, 0.717) is 6.54 Å². The van der Waals surface area contributed by atoms with Crippen LogP contribution < -0.4 is 10.2 Å². The lowest BCUT2D eigenvalue weighted by Gasteiger charge is -2.36. The van der Waals surface area contributed by atoms with Gasteiger partial charge in [-0.1, -0.05) is 6.07 Å². The molecular formula is C14H20N2OS. The van der Waals surface area contributed by atoms with Gasteiger partial charge < -0.3 is 10.2 Å². The van der Waals surface area contributed by atoms with E-state index in [2.05, 4.69) is 38.2 Å². The van der Waals surface area contributed by atoms with Crippen LogP contribution in [0.5, 0.6) is 0 Å². The average molecular weight is 264 g/mol. The molecule has 1 unspecified atom stereocenters. The molecular weight excluding hydrogens is 244 g/mol. The maximum atomic E-state index is 12.2. The smallest absolute Gasteiger partial charge is 0.241 e. The number of rotatable bonds is 2. The third kappa shape index (κ3) is 2.40. The minimum Gasteiger partial charge on any atom is -0.311 e. The van der Waals surface area contributed by atoms with Crippen molar-refractivity contribution >= 4 is 23.4 Å². The molecule has 0 aliphatic carbocycles. The number of likely N-dealkylation sites (N-methyl/N-ethyl adjacent to an activating group) is 1. The van der Waals surface area contributed by atoms with E-state index in [1.807, 2.05) is 23.7 Å². The molecule has 1 aliphatic rings. The highest BCUT2D eigenvalue weighted by molar-refractivity contribution is 7.99. The Kier molecular flexibility index (Phi) is 3.97. The third-order valence-corrected chi connectivity index (χ3v) is 4.63. The molecule has 2 rings (SSSR count). The Morgan fingerprint density at radius 1 is 1.50 bits per heavy atom. The molecule has 1 amide bonds. The largest absolute Gasteiger partial charge is 0.311 e. The Morgan fingerprint density at radius 3 is 2.89 bits per heavy atom. The van der Waals surface area contributed by atoms with Crippen molar-refractivity contribution in [2.24, 2.45) is 0 Å². The molecule has 4 heteroatoms. The zero-order chi connectivity index (χ0) is 13.3. The first-order chi connectivity index (χ1) is 8.54. The summed E-state index contributed by atoms with van der Waals surface area (Å²) in [5.41, 5.74) is 3.56. The van der Waals surface area contributed by atoms with Gasteiger partial charge in [0.2, 0.25) is 5.91 Å². The van der Waals surface area contributed by atoms with E-state index in [4.69, 9.17) is 0 Å². The number of thioether (sulfide) groups is 1. The van der Waals surface area contributed by atoms with Crippen molar-refractivity contribution in [3.8, 4) is 0 Å². The molecule has 0 aromatic heterocycles. The van der Waals surface area contributed by atoms with Crippen molar-refractivity contribution in [3.05, 3.63) is 23.3 Å². The molecule has 18 heavy (non-hydrogen) atoms. The van der Waals surface area contributed by atoms with Crippen molar-refractivity contribution in [1.82, 2.24) is 5.32 Å². The van der Waals surface area contributed by atoms with Gasteiger partial charge in [0.05, 0.1) is 12.2 Å². The van der Waals surface area contributed by atoms with Crippen molar-refractivity contribution in [1.29, 1.82) is 0 Å². The van der Waals surface area contributed by atoms with Gasteiger partial charge in [0, 0.05) is 16.7 Å². The number of hydrogen-bond donors (Lipinski definition) is 1. The van der Waals surface area contributed by atoms with E-state index in [1.54, 1.807) is 0 Å². The Labute approximate surface area is 113 Å². The first-order valence-corrected chi connectivity index (χ1v) is 7.24. The minimum absolute atomic E-state index is 0.150. The fourth-order valence-electron chi connectivity index (χ4n) is 2.43. The van der Waals surface area contributed by atoms with E-state index >= 15 is 0 Å². The SMILES string of the molecule is CNCC(=O)N1c2cc(C)cc(C)c2SCC1C. The van der Waals surface area contributed by atoms with Gasteiger partial charge in [-0.15, -0.1) is 11.8 Å². The summed E-state index contributed by atoms with van der Waals surface area (Å²) in [5, 5.41) is 2.95. The number of carbonyl (C=O) groups is 1. The summed E-state index contributed by atoms with van der Waals surface area (Å²) in [5.74, 6) is 1.11. The highest BCUT2D eigenvalue weighted by Gasteiger charge is 2.29. The van der Waals surface area contributed by atoms with Crippen LogP contribution in [0.1, 0.15) is 18.1 Å². The second kappa shape index (κ2) is 5.33. The molecule has 0 saturated heterocycles. The summed E-state index contributed by atoms with van der Waals surface area (Å²) in [6.07, 6.45) is 0. The van der Waals surface area contributed by atoms with E-state index in [9.17, 15) is 4.79 Å². The Hall–Kier alpha value is -1.00. The molecule has 0 spiro atoms. The zero-order valence-electron chi connectivity index (χ0n) is 11.4. The van der Waals surface area contributed by atoms with Crippen molar-refractivity contribution in [2.75, 3.05) is 24.2 Å². The van der Waals surface area contributed by atoms with Gasteiger partial charge >= 0.3 is 0 Å². The Bertz CT molecular complexity index is 473. The number of carbonyl (C=O) groups excluding carboxylic acids is 1. The molecule has 1 aromatic rings. The van der Waals surface area contributed by atoms with Gasteiger partial charge in [0.25, 0.3) is 0 Å².